The molecule has 40 heavy (non-hydrogen) atoms. The summed E-state index contributed by atoms with van der Waals surface area (Å²) >= 11 is 6.49. The fourth-order valence-corrected chi connectivity index (χ4v) is 5.68. The molecule has 3 heterocycles. The van der Waals surface area contributed by atoms with Crippen LogP contribution in [0.5, 0.6) is 11.8 Å². The lowest BCUT2D eigenvalue weighted by molar-refractivity contribution is 0.119. The van der Waals surface area contributed by atoms with Gasteiger partial charge in [0, 0.05) is 36.6 Å². The van der Waals surface area contributed by atoms with Gasteiger partial charge in [0.15, 0.2) is 5.82 Å². The molecule has 210 valence electrons. The molecule has 2 saturated heterocycles. The predicted octanol–water partition coefficient (Wildman–Crippen LogP) is 4.49. The zero-order valence-electron chi connectivity index (χ0n) is 21.6. The number of anilines is 1. The monoisotopic (exact) mass is 572 g/mol. The van der Waals surface area contributed by atoms with Gasteiger partial charge in [0.25, 0.3) is 0 Å². The van der Waals surface area contributed by atoms with Crippen molar-refractivity contribution in [3.05, 3.63) is 40.9 Å². The summed E-state index contributed by atoms with van der Waals surface area (Å²) in [4.78, 5) is 25.7. The maximum absolute atomic E-state index is 16.2. The summed E-state index contributed by atoms with van der Waals surface area (Å²) in [5.41, 5.74) is -0.945. The van der Waals surface area contributed by atoms with Gasteiger partial charge in [-0.05, 0) is 44.6 Å². The van der Waals surface area contributed by atoms with Crippen molar-refractivity contribution in [2.24, 2.45) is 0 Å². The number of hydrogen-bond donors (Lipinski definition) is 2. The number of benzene rings is 2. The summed E-state index contributed by atoms with van der Waals surface area (Å²) in [5, 5.41) is 29.2. The number of aromatic hydroxyl groups is 1. The van der Waals surface area contributed by atoms with Crippen molar-refractivity contribution in [1.82, 2.24) is 19.8 Å². The number of ether oxygens (including phenoxy) is 1. The number of phenolic OH excluding ortho intramolecular Hbond substituents is 1. The van der Waals surface area contributed by atoms with Crippen molar-refractivity contribution in [3.63, 3.8) is 0 Å². The number of hydrogen-bond acceptors (Lipinski definition) is 8. The van der Waals surface area contributed by atoms with Crippen molar-refractivity contribution in [1.29, 1.82) is 5.26 Å². The highest BCUT2D eigenvalue weighted by Crippen LogP contribution is 2.43. The first-order valence-corrected chi connectivity index (χ1v) is 13.2. The molecule has 2 aliphatic rings. The molecule has 2 N–H and O–H groups in total. The number of aromatic nitrogens is 2. The minimum Gasteiger partial charge on any atom is -0.507 e. The minimum absolute atomic E-state index is 0.0466. The predicted molar refractivity (Wildman–Crippen MR) is 144 cm³/mol. The van der Waals surface area contributed by atoms with E-state index in [2.05, 4.69) is 14.9 Å². The number of phenols is 1. The Morgan fingerprint density at radius 1 is 1.23 bits per heavy atom. The number of nitriles is 1. The minimum atomic E-state index is -1.14. The summed E-state index contributed by atoms with van der Waals surface area (Å²) in [6, 6.07) is 6.40. The lowest BCUT2D eigenvalue weighted by atomic mass is 10.0. The molecule has 1 aromatic heterocycles. The van der Waals surface area contributed by atoms with E-state index in [4.69, 9.17) is 16.3 Å². The molecule has 0 saturated carbocycles. The van der Waals surface area contributed by atoms with Gasteiger partial charge >= 0.3 is 12.1 Å². The Kier molecular flexibility index (Phi) is 7.78. The van der Waals surface area contributed by atoms with Gasteiger partial charge in [-0.25, -0.2) is 13.6 Å². The van der Waals surface area contributed by atoms with E-state index < -0.39 is 35.1 Å². The quantitative estimate of drug-likeness (QED) is 0.439. The molecular formula is C27H27ClF2N6O4. The van der Waals surface area contributed by atoms with Crippen molar-refractivity contribution in [2.45, 2.75) is 31.3 Å². The molecule has 0 spiro atoms. The lowest BCUT2D eigenvalue weighted by Crippen LogP contribution is -2.55. The maximum Gasteiger partial charge on any atom is 0.407 e. The van der Waals surface area contributed by atoms with Crippen LogP contribution in [0.4, 0.5) is 19.4 Å². The van der Waals surface area contributed by atoms with Crippen molar-refractivity contribution in [2.75, 3.05) is 44.7 Å². The highest BCUT2D eigenvalue weighted by Gasteiger charge is 2.33. The first-order valence-electron chi connectivity index (χ1n) is 12.8. The number of carboxylic acid groups (broad SMARTS) is 1. The van der Waals surface area contributed by atoms with Gasteiger partial charge in [-0.15, -0.1) is 0 Å². The number of rotatable bonds is 6. The van der Waals surface area contributed by atoms with Crippen LogP contribution in [0.1, 0.15) is 19.3 Å². The second kappa shape index (κ2) is 11.3. The van der Waals surface area contributed by atoms with Crippen LogP contribution in [0.25, 0.3) is 22.0 Å². The molecule has 5 rings (SSSR count). The van der Waals surface area contributed by atoms with E-state index in [1.807, 2.05) is 13.1 Å². The van der Waals surface area contributed by atoms with Gasteiger partial charge in [0.1, 0.15) is 29.5 Å². The molecule has 13 heteroatoms. The molecule has 0 radical (unpaired) electrons. The molecule has 2 aromatic carbocycles. The molecule has 10 nitrogen and oxygen atoms in total. The van der Waals surface area contributed by atoms with Gasteiger partial charge in [0.2, 0.25) is 0 Å². The Hall–Kier alpha value is -3.95. The van der Waals surface area contributed by atoms with Gasteiger partial charge < -0.3 is 29.6 Å². The van der Waals surface area contributed by atoms with Crippen LogP contribution in [-0.4, -0.2) is 88.0 Å². The number of carbonyl (C=O) groups is 1. The Labute approximate surface area is 234 Å². The van der Waals surface area contributed by atoms with Gasteiger partial charge in [-0.2, -0.15) is 15.2 Å². The number of likely N-dealkylation sites (N-methyl/N-ethyl adjacent to an activating group) is 1. The molecule has 0 unspecified atom stereocenters. The number of halogens is 3. The topological polar surface area (TPSA) is 126 Å². The van der Waals surface area contributed by atoms with Gasteiger partial charge in [-0.1, -0.05) is 17.7 Å². The Morgan fingerprint density at radius 3 is 2.70 bits per heavy atom. The van der Waals surface area contributed by atoms with E-state index in [0.717, 1.165) is 25.5 Å². The summed E-state index contributed by atoms with van der Waals surface area (Å²) in [6.07, 6.45) is 0.755. The highest BCUT2D eigenvalue weighted by molar-refractivity contribution is 6.34. The van der Waals surface area contributed by atoms with E-state index in [1.54, 1.807) is 4.90 Å². The molecule has 2 fully saturated rings. The zero-order valence-corrected chi connectivity index (χ0v) is 22.4. The Bertz CT molecular complexity index is 1480. The third-order valence-corrected chi connectivity index (χ3v) is 7.81. The Morgan fingerprint density at radius 2 is 2.02 bits per heavy atom. The number of fused-ring (bicyclic) bond motifs is 1. The molecule has 2 atom stereocenters. The van der Waals surface area contributed by atoms with E-state index in [0.29, 0.717) is 0 Å². The summed E-state index contributed by atoms with van der Waals surface area (Å²) in [6.45, 7) is 1.61. The highest BCUT2D eigenvalue weighted by atomic mass is 35.5. The normalized spacial score (nSPS) is 19.7. The molecule has 1 amide bonds. The molecule has 0 bridgehead atoms. The van der Waals surface area contributed by atoms with Crippen molar-refractivity contribution in [3.8, 4) is 29.0 Å². The van der Waals surface area contributed by atoms with E-state index >= 15 is 4.39 Å². The third kappa shape index (κ3) is 5.14. The van der Waals surface area contributed by atoms with Crippen LogP contribution in [-0.2, 0) is 0 Å². The first-order chi connectivity index (χ1) is 19.2. The number of nitrogens with zero attached hydrogens (tertiary/aromatic N) is 6. The van der Waals surface area contributed by atoms with Crippen molar-refractivity contribution < 1.29 is 28.5 Å². The summed E-state index contributed by atoms with van der Waals surface area (Å²) < 4.78 is 36.9. The molecule has 2 aliphatic heterocycles. The average molecular weight is 573 g/mol. The van der Waals surface area contributed by atoms with Crippen molar-refractivity contribution >= 4 is 34.4 Å². The summed E-state index contributed by atoms with van der Waals surface area (Å²) in [7, 11) is 1.99. The number of amides is 1. The maximum atomic E-state index is 16.2. The smallest absolute Gasteiger partial charge is 0.407 e. The third-order valence-electron chi connectivity index (χ3n) is 7.52. The fourth-order valence-electron chi connectivity index (χ4n) is 5.40. The SMILES string of the molecule is CN1CCC[C@H]1COc1nc(N2CCN(C(=O)O)[C@@H](CC#N)C2)c2cc(Cl)c(-c3c(O)cccc3F)c(F)c2n1. The van der Waals surface area contributed by atoms with Crippen LogP contribution in [0, 0.1) is 23.0 Å². The largest absolute Gasteiger partial charge is 0.507 e. The van der Waals surface area contributed by atoms with Gasteiger partial charge in [0.05, 0.1) is 29.1 Å². The molecule has 0 aliphatic carbocycles. The first kappa shape index (κ1) is 27.6. The lowest BCUT2D eigenvalue weighted by Gasteiger charge is -2.40. The van der Waals surface area contributed by atoms with E-state index in [1.165, 1.54) is 23.1 Å². The zero-order chi connectivity index (χ0) is 28.6. The number of piperazine rings is 1. The fraction of sp³-hybridized carbons (Fsp3) is 0.407. The average Bonchev–Trinajstić information content (AvgIpc) is 3.33. The standard InChI is InChI=1S/C27H27ClF2N6O4/c1-34-9-3-4-16(34)14-40-26-32-24-17(12-18(28)21(23(24)30)22-19(29)5-2-6-20(22)37)25(33-26)35-10-11-36(27(38)39)15(13-35)7-8-31/h2,5-6,12,15-16,37H,3-4,7,9-11,13-14H2,1H3,(H,38,39)/t15-,16-/m0/s1. The van der Waals surface area contributed by atoms with Crippen LogP contribution in [0.3, 0.4) is 0 Å². The van der Waals surface area contributed by atoms with Crippen LogP contribution in [0.2, 0.25) is 5.02 Å². The Balaban J connectivity index is 1.63. The summed E-state index contributed by atoms with van der Waals surface area (Å²) in [5.74, 6) is -2.07. The van der Waals surface area contributed by atoms with Gasteiger partial charge in [-0.3, -0.25) is 0 Å². The number of likely N-dealkylation sites (tertiary alicyclic amines) is 1. The van der Waals surface area contributed by atoms with Crippen LogP contribution in [0.15, 0.2) is 24.3 Å². The van der Waals surface area contributed by atoms with E-state index in [-0.39, 0.29) is 72.0 Å². The van der Waals surface area contributed by atoms with Crippen LogP contribution >= 0.6 is 11.6 Å². The van der Waals surface area contributed by atoms with Crippen LogP contribution < -0.4 is 9.64 Å². The second-order valence-electron chi connectivity index (χ2n) is 9.93. The second-order valence-corrected chi connectivity index (χ2v) is 10.3. The molecular weight excluding hydrogens is 546 g/mol. The van der Waals surface area contributed by atoms with E-state index in [9.17, 15) is 24.7 Å². The molecule has 3 aromatic rings.